The van der Waals surface area contributed by atoms with E-state index in [1.165, 1.54) is 94.7 Å². The van der Waals surface area contributed by atoms with E-state index in [2.05, 4.69) is 196 Å². The summed E-state index contributed by atoms with van der Waals surface area (Å²) in [6.07, 6.45) is 18.2. The quantitative estimate of drug-likeness (QED) is 0.158. The molecule has 0 fully saturated rings. The van der Waals surface area contributed by atoms with E-state index in [1.807, 2.05) is 0 Å². The van der Waals surface area contributed by atoms with Crippen LogP contribution in [0.15, 0.2) is 194 Å². The van der Waals surface area contributed by atoms with Gasteiger partial charge in [-0.1, -0.05) is 196 Å². The zero-order valence-electron chi connectivity index (χ0n) is 30.9. The van der Waals surface area contributed by atoms with Crippen LogP contribution in [0.5, 0.6) is 0 Å². The molecule has 260 valence electrons. The molecule has 0 N–H and O–H groups in total. The topological polar surface area (TPSA) is 0 Å². The summed E-state index contributed by atoms with van der Waals surface area (Å²) >= 11 is 0. The van der Waals surface area contributed by atoms with Crippen molar-refractivity contribution in [3.05, 3.63) is 216 Å². The largest absolute Gasteiger partial charge is 0.0952 e. The minimum Gasteiger partial charge on any atom is -0.0952 e. The predicted molar refractivity (Wildman–Crippen MR) is 234 cm³/mol. The fourth-order valence-corrected chi connectivity index (χ4v) is 8.44. The molecule has 2 aliphatic carbocycles. The van der Waals surface area contributed by atoms with Crippen LogP contribution in [0, 0.1) is 0 Å². The average Bonchev–Trinajstić information content (AvgIpc) is 3.50. The Morgan fingerprint density at radius 2 is 0.907 bits per heavy atom. The molecule has 0 spiro atoms. The zero-order chi connectivity index (χ0) is 36.4. The Morgan fingerprint density at radius 3 is 1.46 bits per heavy atom. The lowest BCUT2D eigenvalue weighted by Gasteiger charge is -2.18. The summed E-state index contributed by atoms with van der Waals surface area (Å²) in [4.78, 5) is 0. The van der Waals surface area contributed by atoms with E-state index in [1.54, 1.807) is 0 Å². The van der Waals surface area contributed by atoms with Gasteiger partial charge in [-0.15, -0.1) is 0 Å². The minimum absolute atomic E-state index is 0.291. The summed E-state index contributed by atoms with van der Waals surface area (Å²) in [5.74, 6) is 0.291. The lowest BCUT2D eigenvalue weighted by molar-refractivity contribution is 0.876. The van der Waals surface area contributed by atoms with Crippen LogP contribution in [0.3, 0.4) is 0 Å². The van der Waals surface area contributed by atoms with Crippen LogP contribution in [-0.2, 0) is 6.42 Å². The van der Waals surface area contributed by atoms with Crippen molar-refractivity contribution in [2.45, 2.75) is 38.5 Å². The molecular formula is C54H44. The number of fused-ring (bicyclic) bond motifs is 3. The maximum absolute atomic E-state index is 4.43. The summed E-state index contributed by atoms with van der Waals surface area (Å²) in [5, 5.41) is 5.07. The highest BCUT2D eigenvalue weighted by Crippen LogP contribution is 2.44. The van der Waals surface area contributed by atoms with Crippen molar-refractivity contribution in [2.75, 3.05) is 0 Å². The second-order valence-electron chi connectivity index (χ2n) is 14.8. The van der Waals surface area contributed by atoms with Crippen molar-refractivity contribution in [3.63, 3.8) is 0 Å². The first-order chi connectivity index (χ1) is 26.6. The Morgan fingerprint density at radius 1 is 0.444 bits per heavy atom. The van der Waals surface area contributed by atoms with Crippen LogP contribution in [0.4, 0.5) is 0 Å². The van der Waals surface area contributed by atoms with Gasteiger partial charge in [-0.2, -0.15) is 0 Å². The van der Waals surface area contributed by atoms with E-state index in [9.17, 15) is 0 Å². The number of rotatable bonds is 5. The van der Waals surface area contributed by atoms with Gasteiger partial charge in [0, 0.05) is 5.92 Å². The number of benzene rings is 7. The first-order valence-corrected chi connectivity index (χ1v) is 19.4. The normalized spacial score (nSPS) is 17.4. The van der Waals surface area contributed by atoms with Gasteiger partial charge in [0.25, 0.3) is 0 Å². The molecule has 1 atom stereocenters. The van der Waals surface area contributed by atoms with Crippen molar-refractivity contribution in [2.24, 2.45) is 0 Å². The van der Waals surface area contributed by atoms with E-state index >= 15 is 0 Å². The fourth-order valence-electron chi connectivity index (χ4n) is 8.44. The van der Waals surface area contributed by atoms with Crippen molar-refractivity contribution in [1.82, 2.24) is 0 Å². The standard InChI is InChI=1S/C54H44/c1-37-21-22-40(27-32-45-15-7-8-16-48(45)38(37)2)43-28-33-46(34-29-43)53-49-17-9-11-19-51(49)54(52-20-12-10-18-50(52)53)47-35-30-44(31-36-47)42-25-23-41(24-26-42)39-13-5-3-4-6-14-39/h5,7-31,33-36,38H,1,3-4,6,32H2,2H3/b22-21-,40-27+. The van der Waals surface area contributed by atoms with Crippen LogP contribution in [0.2, 0.25) is 0 Å². The van der Waals surface area contributed by atoms with Gasteiger partial charge in [-0.25, -0.2) is 0 Å². The molecule has 0 radical (unpaired) electrons. The van der Waals surface area contributed by atoms with Gasteiger partial charge in [0.15, 0.2) is 0 Å². The van der Waals surface area contributed by atoms with Crippen molar-refractivity contribution >= 4 is 32.7 Å². The maximum Gasteiger partial charge on any atom is 0.00579 e. The van der Waals surface area contributed by atoms with E-state index in [4.69, 9.17) is 0 Å². The second-order valence-corrected chi connectivity index (χ2v) is 14.8. The van der Waals surface area contributed by atoms with Gasteiger partial charge in [-0.3, -0.25) is 0 Å². The van der Waals surface area contributed by atoms with Crippen LogP contribution in [0.1, 0.15) is 54.4 Å². The molecule has 0 heterocycles. The Kier molecular flexibility index (Phi) is 9.11. The van der Waals surface area contributed by atoms with Gasteiger partial charge in [0.05, 0.1) is 0 Å². The van der Waals surface area contributed by atoms with Crippen molar-refractivity contribution in [3.8, 4) is 33.4 Å². The summed E-state index contributed by atoms with van der Waals surface area (Å²) in [6, 6.07) is 54.0. The molecule has 0 aromatic heterocycles. The summed E-state index contributed by atoms with van der Waals surface area (Å²) in [5.41, 5.74) is 16.4. The van der Waals surface area contributed by atoms with Crippen LogP contribution < -0.4 is 0 Å². The highest BCUT2D eigenvalue weighted by molar-refractivity contribution is 6.21. The molecule has 7 aromatic carbocycles. The Bertz CT molecular complexity index is 2580. The van der Waals surface area contributed by atoms with Gasteiger partial charge >= 0.3 is 0 Å². The smallest absolute Gasteiger partial charge is 0.00579 e. The van der Waals surface area contributed by atoms with Crippen LogP contribution in [-0.4, -0.2) is 0 Å². The lowest BCUT2D eigenvalue weighted by Crippen LogP contribution is -1.99. The predicted octanol–water partition coefficient (Wildman–Crippen LogP) is 15.0. The Labute approximate surface area is 319 Å². The summed E-state index contributed by atoms with van der Waals surface area (Å²) in [6.45, 7) is 6.69. The maximum atomic E-state index is 4.43. The molecule has 1 unspecified atom stereocenters. The molecule has 0 saturated carbocycles. The summed E-state index contributed by atoms with van der Waals surface area (Å²) < 4.78 is 0. The second kappa shape index (κ2) is 14.6. The number of hydrogen-bond donors (Lipinski definition) is 0. The molecule has 9 rings (SSSR count). The van der Waals surface area contributed by atoms with Gasteiger partial charge < -0.3 is 0 Å². The minimum atomic E-state index is 0.291. The van der Waals surface area contributed by atoms with Crippen molar-refractivity contribution in [1.29, 1.82) is 0 Å². The molecule has 54 heavy (non-hydrogen) atoms. The highest BCUT2D eigenvalue weighted by Gasteiger charge is 2.18. The van der Waals surface area contributed by atoms with E-state index in [0.717, 1.165) is 24.8 Å². The zero-order valence-corrected chi connectivity index (χ0v) is 30.9. The molecule has 7 aromatic rings. The average molecular weight is 693 g/mol. The van der Waals surface area contributed by atoms with E-state index < -0.39 is 0 Å². The van der Waals surface area contributed by atoms with Gasteiger partial charge in [0.1, 0.15) is 0 Å². The van der Waals surface area contributed by atoms with E-state index in [0.29, 0.717) is 5.92 Å². The lowest BCUT2D eigenvalue weighted by atomic mass is 9.85. The monoisotopic (exact) mass is 692 g/mol. The molecule has 0 bridgehead atoms. The third-order valence-corrected chi connectivity index (χ3v) is 11.5. The third-order valence-electron chi connectivity index (χ3n) is 11.5. The molecular weight excluding hydrogens is 649 g/mol. The molecule has 0 saturated heterocycles. The SMILES string of the molecule is C=C1/C=C\C(c2ccc(-c3c4ccccc4c(-c4ccc(-c5ccc(C6=CCCCC=C6)cc5)cc4)c4ccccc34)cc2)=C/Cc2ccccc2C1C. The first-order valence-electron chi connectivity index (χ1n) is 19.4. The molecule has 2 aliphatic rings. The number of allylic oxidation sites excluding steroid dienone is 9. The third kappa shape index (κ3) is 6.39. The van der Waals surface area contributed by atoms with Crippen molar-refractivity contribution < 1.29 is 0 Å². The molecule has 0 aliphatic heterocycles. The molecule has 0 heteroatoms. The Hall–Kier alpha value is -6.24. The molecule has 0 nitrogen and oxygen atoms in total. The van der Waals surface area contributed by atoms with Gasteiger partial charge in [-0.05, 0) is 120 Å². The fraction of sp³-hybridized carbons (Fsp3) is 0.111. The Balaban J connectivity index is 1.08. The van der Waals surface area contributed by atoms with Gasteiger partial charge in [0.2, 0.25) is 0 Å². The summed E-state index contributed by atoms with van der Waals surface area (Å²) in [7, 11) is 0. The van der Waals surface area contributed by atoms with Crippen LogP contribution in [0.25, 0.3) is 66.1 Å². The van der Waals surface area contributed by atoms with Crippen LogP contribution >= 0.6 is 0 Å². The molecule has 0 amide bonds. The number of hydrogen-bond acceptors (Lipinski definition) is 0. The highest BCUT2D eigenvalue weighted by atomic mass is 14.2. The van der Waals surface area contributed by atoms with E-state index in [-0.39, 0.29) is 0 Å². The first kappa shape index (κ1) is 33.6.